The molecule has 2 heterocycles. The Labute approximate surface area is 225 Å². The molecule has 1 saturated carbocycles. The molecule has 2 N–H and O–H groups in total. The maximum absolute atomic E-state index is 13.7. The number of benzene rings is 1. The predicted octanol–water partition coefficient (Wildman–Crippen LogP) is 4.03. The first-order valence-corrected chi connectivity index (χ1v) is 13.7. The monoisotopic (exact) mass is 529 g/mol. The molecule has 2 saturated heterocycles. The van der Waals surface area contributed by atoms with Gasteiger partial charge in [-0.3, -0.25) is 14.4 Å². The standard InChI is InChI=1S/C29H40ClN3O4/c1-19(2)24(31-25(35)21-11-13-28(17-21)12-6-15-33(28)20(3)34)26(36)32-16-14-29(37,27(4,5)18-32)22-7-9-23(30)10-8-22/h7-10,21,24,37H,1,6,11-18H2,2-5H3,(H,31,35). The minimum absolute atomic E-state index is 0.0693. The molecule has 2 aliphatic heterocycles. The third kappa shape index (κ3) is 5.05. The second-order valence-corrected chi connectivity index (χ2v) is 12.4. The lowest BCUT2D eigenvalue weighted by Gasteiger charge is -2.51. The Morgan fingerprint density at radius 3 is 2.38 bits per heavy atom. The average Bonchev–Trinajstić information content (AvgIpc) is 3.46. The van der Waals surface area contributed by atoms with Crippen molar-refractivity contribution in [3.63, 3.8) is 0 Å². The van der Waals surface area contributed by atoms with E-state index in [1.54, 1.807) is 30.9 Å². The van der Waals surface area contributed by atoms with Crippen LogP contribution in [-0.2, 0) is 20.0 Å². The summed E-state index contributed by atoms with van der Waals surface area (Å²) in [6.45, 7) is 12.7. The fourth-order valence-corrected chi connectivity index (χ4v) is 6.97. The van der Waals surface area contributed by atoms with Crippen LogP contribution in [0, 0.1) is 11.3 Å². The lowest BCUT2D eigenvalue weighted by Crippen LogP contribution is -2.60. The van der Waals surface area contributed by atoms with Gasteiger partial charge in [0.25, 0.3) is 0 Å². The molecular weight excluding hydrogens is 490 g/mol. The molecule has 202 valence electrons. The topological polar surface area (TPSA) is 90.0 Å². The van der Waals surface area contributed by atoms with Crippen molar-refractivity contribution in [3.8, 4) is 0 Å². The largest absolute Gasteiger partial charge is 0.384 e. The zero-order valence-corrected chi connectivity index (χ0v) is 23.2. The van der Waals surface area contributed by atoms with Crippen molar-refractivity contribution < 1.29 is 19.5 Å². The number of piperidine rings is 1. The highest BCUT2D eigenvalue weighted by molar-refractivity contribution is 6.30. The Kier molecular flexibility index (Phi) is 7.52. The van der Waals surface area contributed by atoms with Gasteiger partial charge in [-0.05, 0) is 68.7 Å². The van der Waals surface area contributed by atoms with Gasteiger partial charge in [0.15, 0.2) is 0 Å². The molecule has 4 atom stereocenters. The molecule has 8 heteroatoms. The summed E-state index contributed by atoms with van der Waals surface area (Å²) in [4.78, 5) is 42.8. The normalized spacial score (nSPS) is 29.8. The Bertz CT molecular complexity index is 1090. The third-order valence-corrected chi connectivity index (χ3v) is 9.29. The Morgan fingerprint density at radius 2 is 1.78 bits per heavy atom. The number of amides is 3. The molecule has 3 amide bonds. The second kappa shape index (κ2) is 10.1. The zero-order chi connectivity index (χ0) is 27.2. The van der Waals surface area contributed by atoms with Gasteiger partial charge in [-0.25, -0.2) is 0 Å². The van der Waals surface area contributed by atoms with E-state index >= 15 is 0 Å². The summed E-state index contributed by atoms with van der Waals surface area (Å²) in [6, 6.07) is 6.39. The van der Waals surface area contributed by atoms with E-state index < -0.39 is 17.1 Å². The van der Waals surface area contributed by atoms with E-state index in [-0.39, 0.29) is 29.2 Å². The number of hydrogen-bond acceptors (Lipinski definition) is 4. The highest BCUT2D eigenvalue weighted by Gasteiger charge is 2.51. The SMILES string of the molecule is C=C(C)C(NC(=O)C1CCC2(CCCN2C(C)=O)C1)C(=O)N1CCC(O)(c2ccc(Cl)cc2)C(C)(C)C1. The number of nitrogens with one attached hydrogen (secondary N) is 1. The van der Waals surface area contributed by atoms with Crippen LogP contribution in [0.25, 0.3) is 0 Å². The van der Waals surface area contributed by atoms with Crippen LogP contribution in [-0.4, -0.2) is 63.8 Å². The number of carbonyl (C=O) groups is 3. The minimum Gasteiger partial charge on any atom is -0.384 e. The first-order chi connectivity index (χ1) is 17.3. The molecule has 3 aliphatic rings. The molecule has 4 rings (SSSR count). The lowest BCUT2D eigenvalue weighted by molar-refractivity contribution is -0.155. The fourth-order valence-electron chi connectivity index (χ4n) is 6.84. The molecule has 1 aromatic rings. The number of likely N-dealkylation sites (tertiary alicyclic amines) is 2. The number of halogens is 1. The van der Waals surface area contributed by atoms with Crippen molar-refractivity contribution in [1.82, 2.24) is 15.1 Å². The van der Waals surface area contributed by atoms with Crippen LogP contribution in [0.15, 0.2) is 36.4 Å². The zero-order valence-electron chi connectivity index (χ0n) is 22.5. The van der Waals surface area contributed by atoms with Crippen LogP contribution >= 0.6 is 11.6 Å². The van der Waals surface area contributed by atoms with Crippen LogP contribution in [0.5, 0.6) is 0 Å². The predicted molar refractivity (Wildman–Crippen MR) is 144 cm³/mol. The van der Waals surface area contributed by atoms with Crippen LogP contribution in [0.3, 0.4) is 0 Å². The summed E-state index contributed by atoms with van der Waals surface area (Å²) in [5.41, 5.74) is -0.610. The van der Waals surface area contributed by atoms with Crippen LogP contribution in [0.4, 0.5) is 0 Å². The van der Waals surface area contributed by atoms with Gasteiger partial charge in [0.1, 0.15) is 6.04 Å². The highest BCUT2D eigenvalue weighted by Crippen LogP contribution is 2.47. The van der Waals surface area contributed by atoms with E-state index in [0.717, 1.165) is 31.4 Å². The molecule has 1 aromatic carbocycles. The highest BCUT2D eigenvalue weighted by atomic mass is 35.5. The summed E-state index contributed by atoms with van der Waals surface area (Å²) in [5.74, 6) is -0.518. The quantitative estimate of drug-likeness (QED) is 0.563. The van der Waals surface area contributed by atoms with Gasteiger partial charge >= 0.3 is 0 Å². The van der Waals surface area contributed by atoms with Gasteiger partial charge in [-0.2, -0.15) is 0 Å². The molecule has 0 aromatic heterocycles. The molecule has 0 bridgehead atoms. The molecule has 1 spiro atoms. The Hall–Kier alpha value is -2.38. The summed E-state index contributed by atoms with van der Waals surface area (Å²) in [7, 11) is 0. The van der Waals surface area contributed by atoms with E-state index in [1.807, 2.05) is 30.9 Å². The Morgan fingerprint density at radius 1 is 1.11 bits per heavy atom. The molecular formula is C29H40ClN3O4. The van der Waals surface area contributed by atoms with Gasteiger partial charge in [-0.1, -0.05) is 44.2 Å². The first-order valence-electron chi connectivity index (χ1n) is 13.3. The van der Waals surface area contributed by atoms with Crippen molar-refractivity contribution in [2.75, 3.05) is 19.6 Å². The summed E-state index contributed by atoms with van der Waals surface area (Å²) >= 11 is 6.05. The fraction of sp³-hybridized carbons (Fsp3) is 0.621. The summed E-state index contributed by atoms with van der Waals surface area (Å²) in [5, 5.41) is 15.2. The van der Waals surface area contributed by atoms with E-state index in [1.165, 1.54) is 0 Å². The maximum Gasteiger partial charge on any atom is 0.249 e. The first kappa shape index (κ1) is 27.6. The van der Waals surface area contributed by atoms with Crippen LogP contribution < -0.4 is 5.32 Å². The number of hydrogen-bond donors (Lipinski definition) is 2. The maximum atomic E-state index is 13.7. The number of rotatable bonds is 5. The van der Waals surface area contributed by atoms with E-state index in [9.17, 15) is 19.5 Å². The van der Waals surface area contributed by atoms with Gasteiger partial charge in [0, 0.05) is 48.5 Å². The molecule has 37 heavy (non-hydrogen) atoms. The van der Waals surface area contributed by atoms with Crippen molar-refractivity contribution in [2.24, 2.45) is 11.3 Å². The van der Waals surface area contributed by atoms with E-state index in [0.29, 0.717) is 42.9 Å². The van der Waals surface area contributed by atoms with E-state index in [2.05, 4.69) is 11.9 Å². The number of nitrogens with zero attached hydrogens (tertiary/aromatic N) is 2. The average molecular weight is 530 g/mol. The van der Waals surface area contributed by atoms with E-state index in [4.69, 9.17) is 11.6 Å². The van der Waals surface area contributed by atoms with Crippen molar-refractivity contribution in [1.29, 1.82) is 0 Å². The van der Waals surface area contributed by atoms with Gasteiger partial charge in [-0.15, -0.1) is 0 Å². The van der Waals surface area contributed by atoms with Crippen molar-refractivity contribution >= 4 is 29.3 Å². The molecule has 4 unspecified atom stereocenters. The minimum atomic E-state index is -1.11. The Balaban J connectivity index is 1.44. The van der Waals surface area contributed by atoms with Gasteiger partial charge < -0.3 is 20.2 Å². The third-order valence-electron chi connectivity index (χ3n) is 9.04. The second-order valence-electron chi connectivity index (χ2n) is 12.0. The van der Waals surface area contributed by atoms with Crippen molar-refractivity contribution in [3.05, 3.63) is 47.0 Å². The van der Waals surface area contributed by atoms with Gasteiger partial charge in [0.05, 0.1) is 5.60 Å². The number of carbonyl (C=O) groups excluding carboxylic acids is 3. The van der Waals surface area contributed by atoms with Crippen LogP contribution in [0.2, 0.25) is 5.02 Å². The van der Waals surface area contributed by atoms with Gasteiger partial charge in [0.2, 0.25) is 17.7 Å². The molecule has 0 radical (unpaired) electrons. The molecule has 7 nitrogen and oxygen atoms in total. The summed E-state index contributed by atoms with van der Waals surface area (Å²) < 4.78 is 0. The van der Waals surface area contributed by atoms with Crippen LogP contribution in [0.1, 0.15) is 71.8 Å². The summed E-state index contributed by atoms with van der Waals surface area (Å²) in [6.07, 6.45) is 4.43. The lowest BCUT2D eigenvalue weighted by atomic mass is 9.66. The number of aliphatic hydroxyl groups is 1. The molecule has 1 aliphatic carbocycles. The molecule has 3 fully saturated rings. The smallest absolute Gasteiger partial charge is 0.249 e. The van der Waals surface area contributed by atoms with Crippen molar-refractivity contribution in [2.45, 2.75) is 83.4 Å².